The summed E-state index contributed by atoms with van der Waals surface area (Å²) in [5, 5.41) is 0. The van der Waals surface area contributed by atoms with E-state index in [0.29, 0.717) is 4.47 Å². The molecule has 0 aliphatic carbocycles. The molecular weight excluding hydrogens is 267 g/mol. The topological polar surface area (TPSA) is 0 Å². The fraction of sp³-hybridized carbons (Fsp3) is 0.143. The molecule has 0 fully saturated rings. The summed E-state index contributed by atoms with van der Waals surface area (Å²) in [6.07, 6.45) is -4.25. The first kappa shape index (κ1) is 16.9. The van der Waals surface area contributed by atoms with Crippen LogP contribution in [0.15, 0.2) is 28.7 Å². The van der Waals surface area contributed by atoms with E-state index >= 15 is 0 Å². The van der Waals surface area contributed by atoms with E-state index in [1.807, 2.05) is 0 Å². The minimum absolute atomic E-state index is 0. The van der Waals surface area contributed by atoms with Gasteiger partial charge in [0.1, 0.15) is 0 Å². The summed E-state index contributed by atoms with van der Waals surface area (Å²) < 4.78 is 36.3. The van der Waals surface area contributed by atoms with E-state index in [2.05, 4.69) is 15.9 Å². The van der Waals surface area contributed by atoms with Gasteiger partial charge < -0.3 is 2.85 Å². The molecule has 0 radical (unpaired) electrons. The van der Waals surface area contributed by atoms with Crippen molar-refractivity contribution in [3.8, 4) is 0 Å². The van der Waals surface area contributed by atoms with E-state index in [-0.39, 0.29) is 62.0 Å². The Kier molecular flexibility index (Phi) is 8.95. The predicted octanol–water partition coefficient (Wildman–Crippen LogP) is -2.30. The SMILES string of the molecule is FC(F)(F)c1cccc(Br)c1.[H-].[H-].[Na+].[Na+]. The van der Waals surface area contributed by atoms with Crippen molar-refractivity contribution >= 4 is 15.9 Å². The first-order chi connectivity index (χ1) is 5.00. The van der Waals surface area contributed by atoms with Gasteiger partial charge in [0.2, 0.25) is 0 Å². The fourth-order valence-corrected chi connectivity index (χ4v) is 1.06. The summed E-state index contributed by atoms with van der Waals surface area (Å²) in [6.45, 7) is 0. The molecule has 1 aromatic carbocycles. The maximum absolute atomic E-state index is 11.9. The number of hydrogen-bond acceptors (Lipinski definition) is 0. The maximum atomic E-state index is 11.9. The van der Waals surface area contributed by atoms with Crippen molar-refractivity contribution in [1.82, 2.24) is 0 Å². The summed E-state index contributed by atoms with van der Waals surface area (Å²) in [6, 6.07) is 4.98. The zero-order chi connectivity index (χ0) is 8.48. The van der Waals surface area contributed by atoms with Gasteiger partial charge in [-0.3, -0.25) is 0 Å². The van der Waals surface area contributed by atoms with Gasteiger partial charge in [0.25, 0.3) is 0 Å². The summed E-state index contributed by atoms with van der Waals surface area (Å²) >= 11 is 2.95. The molecule has 0 nitrogen and oxygen atoms in total. The Labute approximate surface area is 130 Å². The molecule has 0 aliphatic heterocycles. The maximum Gasteiger partial charge on any atom is 1.00 e. The summed E-state index contributed by atoms with van der Waals surface area (Å²) in [5.74, 6) is 0. The van der Waals surface area contributed by atoms with Gasteiger partial charge >= 0.3 is 65.3 Å². The Bertz CT molecular complexity index is 271. The van der Waals surface area contributed by atoms with Crippen molar-refractivity contribution < 1.29 is 75.1 Å². The monoisotopic (exact) mass is 272 g/mol. The summed E-state index contributed by atoms with van der Waals surface area (Å²) in [7, 11) is 0. The van der Waals surface area contributed by atoms with Gasteiger partial charge in [-0.25, -0.2) is 0 Å². The van der Waals surface area contributed by atoms with E-state index in [4.69, 9.17) is 0 Å². The molecule has 1 rings (SSSR count). The van der Waals surface area contributed by atoms with Gasteiger partial charge in [-0.2, -0.15) is 13.2 Å². The minimum Gasteiger partial charge on any atom is -1.00 e. The average molecular weight is 273 g/mol. The zero-order valence-electron chi connectivity index (χ0n) is 9.32. The largest absolute Gasteiger partial charge is 1.00 e. The molecule has 0 aliphatic rings. The van der Waals surface area contributed by atoms with Crippen molar-refractivity contribution in [2.75, 3.05) is 0 Å². The quantitative estimate of drug-likeness (QED) is 0.466. The molecule has 0 atom stereocenters. The standard InChI is InChI=1S/C7H4BrF3.2Na.2H/c8-6-3-1-2-5(4-6)7(9,10)11;;;;/h1-4H;;;;/q;2*+1;2*-1. The van der Waals surface area contributed by atoms with Crippen LogP contribution in [0.5, 0.6) is 0 Å². The second-order valence-corrected chi connectivity index (χ2v) is 2.92. The third-order valence-electron chi connectivity index (χ3n) is 1.15. The minimum atomic E-state index is -4.25. The third kappa shape index (κ3) is 5.82. The van der Waals surface area contributed by atoms with Gasteiger partial charge in [0.15, 0.2) is 0 Å². The van der Waals surface area contributed by atoms with Crippen LogP contribution in [0.4, 0.5) is 13.2 Å². The smallest absolute Gasteiger partial charge is 1.00 e. The van der Waals surface area contributed by atoms with Gasteiger partial charge in [0, 0.05) is 4.47 Å². The van der Waals surface area contributed by atoms with Crippen molar-refractivity contribution in [3.05, 3.63) is 34.3 Å². The van der Waals surface area contributed by atoms with Crippen LogP contribution in [0.3, 0.4) is 0 Å². The predicted molar refractivity (Wildman–Crippen MR) is 41.4 cm³/mol. The molecule has 0 saturated heterocycles. The van der Waals surface area contributed by atoms with Crippen LogP contribution in [0, 0.1) is 0 Å². The van der Waals surface area contributed by atoms with Crippen molar-refractivity contribution in [1.29, 1.82) is 0 Å². The van der Waals surface area contributed by atoms with E-state index in [0.717, 1.165) is 12.1 Å². The van der Waals surface area contributed by atoms with Gasteiger partial charge in [-0.1, -0.05) is 22.0 Å². The van der Waals surface area contributed by atoms with Crippen LogP contribution in [-0.4, -0.2) is 0 Å². The number of hydrogen-bond donors (Lipinski definition) is 0. The number of rotatable bonds is 0. The zero-order valence-corrected chi connectivity index (χ0v) is 12.9. The van der Waals surface area contributed by atoms with Crippen molar-refractivity contribution in [2.24, 2.45) is 0 Å². The molecule has 0 spiro atoms. The van der Waals surface area contributed by atoms with Gasteiger partial charge in [0.05, 0.1) is 5.56 Å². The third-order valence-corrected chi connectivity index (χ3v) is 1.65. The molecule has 0 amide bonds. The molecule has 0 bridgehead atoms. The van der Waals surface area contributed by atoms with Crippen LogP contribution in [0.25, 0.3) is 0 Å². The van der Waals surface area contributed by atoms with Crippen LogP contribution in [-0.2, 0) is 6.18 Å². The number of halogens is 4. The Morgan fingerprint density at radius 2 is 1.69 bits per heavy atom. The van der Waals surface area contributed by atoms with Crippen LogP contribution >= 0.6 is 15.9 Å². The van der Waals surface area contributed by atoms with Crippen LogP contribution in [0.1, 0.15) is 8.42 Å². The van der Waals surface area contributed by atoms with E-state index in [1.165, 1.54) is 6.07 Å². The molecule has 1 aromatic rings. The second kappa shape index (κ2) is 6.88. The molecular formula is C7H6BrF3Na2. The number of alkyl halides is 3. The van der Waals surface area contributed by atoms with Crippen molar-refractivity contribution in [3.63, 3.8) is 0 Å². The van der Waals surface area contributed by atoms with Gasteiger partial charge in [-0.05, 0) is 18.2 Å². The summed E-state index contributed by atoms with van der Waals surface area (Å²) in [5.41, 5.74) is -0.633. The van der Waals surface area contributed by atoms with E-state index in [1.54, 1.807) is 6.07 Å². The normalized spacial score (nSPS) is 9.85. The Balaban J connectivity index is -0.000000151. The van der Waals surface area contributed by atoms with Crippen LogP contribution < -0.4 is 59.1 Å². The Morgan fingerprint density at radius 1 is 1.15 bits per heavy atom. The average Bonchev–Trinajstić information content (AvgIpc) is 1.86. The van der Waals surface area contributed by atoms with E-state index in [9.17, 15) is 13.2 Å². The second-order valence-electron chi connectivity index (χ2n) is 2.01. The van der Waals surface area contributed by atoms with Crippen LogP contribution in [0.2, 0.25) is 0 Å². The number of benzene rings is 1. The first-order valence-corrected chi connectivity index (χ1v) is 3.62. The fourth-order valence-electron chi connectivity index (χ4n) is 0.665. The molecule has 0 saturated carbocycles. The molecule has 64 valence electrons. The first-order valence-electron chi connectivity index (χ1n) is 2.83. The summed E-state index contributed by atoms with van der Waals surface area (Å²) in [4.78, 5) is 0. The molecule has 0 N–H and O–H groups in total. The van der Waals surface area contributed by atoms with Crippen molar-refractivity contribution in [2.45, 2.75) is 6.18 Å². The Hall–Kier alpha value is 1.49. The molecule has 6 heteroatoms. The molecule has 0 heterocycles. The van der Waals surface area contributed by atoms with Gasteiger partial charge in [-0.15, -0.1) is 0 Å². The Morgan fingerprint density at radius 3 is 2.00 bits per heavy atom. The molecule has 0 unspecified atom stereocenters. The molecule has 13 heavy (non-hydrogen) atoms. The molecule has 0 aromatic heterocycles. The van der Waals surface area contributed by atoms with E-state index < -0.39 is 11.7 Å².